The number of nitrogens with zero attached hydrogens (tertiary/aromatic N) is 2. The summed E-state index contributed by atoms with van der Waals surface area (Å²) >= 11 is 13.0. The Bertz CT molecular complexity index is 1570. The molecule has 1 N–H and O–H groups in total. The van der Waals surface area contributed by atoms with E-state index in [1.807, 2.05) is 30.3 Å². The van der Waals surface area contributed by atoms with Gasteiger partial charge in [-0.25, -0.2) is 17.2 Å². The Morgan fingerprint density at radius 3 is 2.22 bits per heavy atom. The van der Waals surface area contributed by atoms with Gasteiger partial charge < -0.3 is 10.2 Å². The van der Waals surface area contributed by atoms with Crippen LogP contribution in [0.1, 0.15) is 56.1 Å². The van der Waals surface area contributed by atoms with Crippen molar-refractivity contribution in [2.75, 3.05) is 17.1 Å². The lowest BCUT2D eigenvalue weighted by Gasteiger charge is -2.34. The Morgan fingerprint density at radius 1 is 0.933 bits per heavy atom. The molecule has 0 unspecified atom stereocenters. The minimum atomic E-state index is -3.89. The van der Waals surface area contributed by atoms with E-state index in [2.05, 4.69) is 5.32 Å². The van der Waals surface area contributed by atoms with Crippen molar-refractivity contribution in [1.29, 1.82) is 0 Å². The first-order chi connectivity index (χ1) is 21.4. The molecule has 0 aliphatic heterocycles. The third kappa shape index (κ3) is 9.64. The molecule has 1 fully saturated rings. The highest BCUT2D eigenvalue weighted by Crippen LogP contribution is 2.28. The van der Waals surface area contributed by atoms with Crippen LogP contribution in [0.2, 0.25) is 10.0 Å². The van der Waals surface area contributed by atoms with Crippen LogP contribution in [0.5, 0.6) is 0 Å². The molecule has 1 saturated carbocycles. The molecular formula is C33H37Cl2F2N3O4S. The number of anilines is 1. The summed E-state index contributed by atoms with van der Waals surface area (Å²) < 4.78 is 53.6. The van der Waals surface area contributed by atoms with Gasteiger partial charge >= 0.3 is 0 Å². The van der Waals surface area contributed by atoms with Crippen LogP contribution in [0.25, 0.3) is 0 Å². The zero-order valence-corrected chi connectivity index (χ0v) is 27.4. The van der Waals surface area contributed by atoms with E-state index in [0.717, 1.165) is 60.4 Å². The van der Waals surface area contributed by atoms with Crippen LogP contribution in [0.3, 0.4) is 0 Å². The SMILES string of the molecule is CS(=O)(=O)N(CCCC(=O)N(Cc1c(Cl)cccc1Cl)[C@@H](Cc1ccccc1)C(=O)NC1CCCCC1)c1ccc(F)c(F)c1. The molecule has 1 aliphatic carbocycles. The zero-order valence-electron chi connectivity index (χ0n) is 25.0. The van der Waals surface area contributed by atoms with Gasteiger partial charge in [0.15, 0.2) is 11.6 Å². The highest BCUT2D eigenvalue weighted by Gasteiger charge is 2.33. The van der Waals surface area contributed by atoms with Crippen LogP contribution in [-0.4, -0.2) is 50.0 Å². The lowest BCUT2D eigenvalue weighted by molar-refractivity contribution is -0.141. The molecule has 2 amide bonds. The number of carbonyl (C=O) groups is 2. The van der Waals surface area contributed by atoms with E-state index in [-0.39, 0.29) is 50.0 Å². The molecule has 0 aromatic heterocycles. The molecule has 242 valence electrons. The van der Waals surface area contributed by atoms with Crippen molar-refractivity contribution in [3.05, 3.63) is 99.5 Å². The Balaban J connectivity index is 1.63. The molecule has 0 bridgehead atoms. The van der Waals surface area contributed by atoms with E-state index in [0.29, 0.717) is 15.6 Å². The maximum absolute atomic E-state index is 14.0. The third-order valence-corrected chi connectivity index (χ3v) is 9.86. The zero-order chi connectivity index (χ0) is 32.6. The van der Waals surface area contributed by atoms with Gasteiger partial charge in [-0.15, -0.1) is 0 Å². The molecule has 4 rings (SSSR count). The summed E-state index contributed by atoms with van der Waals surface area (Å²) in [5, 5.41) is 3.84. The molecule has 12 heteroatoms. The standard InChI is InChI=1S/C33H37Cl2F2N3O4S/c1-45(43,44)40(25-17-18-29(36)30(37)21-25)19-9-16-32(41)39(22-26-27(34)14-8-15-28(26)35)31(20-23-10-4-2-5-11-23)33(42)38-24-12-6-3-7-13-24/h2,4-5,8,10-11,14-15,17-18,21,24,31H,3,6-7,9,12-13,16,19-20,22H2,1H3,(H,38,42)/t31-/m0/s1. The fraction of sp³-hybridized carbons (Fsp3) is 0.394. The number of hydrogen-bond donors (Lipinski definition) is 1. The number of nitrogens with one attached hydrogen (secondary N) is 1. The average molecular weight is 681 g/mol. The number of benzene rings is 3. The number of sulfonamides is 1. The number of amides is 2. The Morgan fingerprint density at radius 2 is 1.60 bits per heavy atom. The molecule has 1 atom stereocenters. The van der Waals surface area contributed by atoms with Crippen LogP contribution < -0.4 is 9.62 Å². The summed E-state index contributed by atoms with van der Waals surface area (Å²) in [6.45, 7) is -0.222. The Kier molecular flexibility index (Phi) is 12.2. The van der Waals surface area contributed by atoms with Crippen molar-refractivity contribution >= 4 is 50.7 Å². The molecule has 1 aliphatic rings. The summed E-state index contributed by atoms with van der Waals surface area (Å²) in [4.78, 5) is 29.5. The van der Waals surface area contributed by atoms with Crippen LogP contribution in [-0.2, 0) is 32.6 Å². The molecule has 45 heavy (non-hydrogen) atoms. The van der Waals surface area contributed by atoms with Crippen LogP contribution in [0.4, 0.5) is 14.5 Å². The number of halogens is 4. The lowest BCUT2D eigenvalue weighted by atomic mass is 9.94. The Labute approximate surface area is 273 Å². The maximum atomic E-state index is 14.0. The predicted octanol–water partition coefficient (Wildman–Crippen LogP) is 6.91. The van der Waals surface area contributed by atoms with Gasteiger partial charge in [-0.05, 0) is 49.1 Å². The quantitative estimate of drug-likeness (QED) is 0.213. The van der Waals surface area contributed by atoms with Crippen LogP contribution >= 0.6 is 23.2 Å². The van der Waals surface area contributed by atoms with Crippen molar-refractivity contribution in [3.8, 4) is 0 Å². The summed E-state index contributed by atoms with van der Waals surface area (Å²) in [6.07, 6.45) is 5.95. The van der Waals surface area contributed by atoms with Gasteiger partial charge in [0.2, 0.25) is 21.8 Å². The second-order valence-corrected chi connectivity index (χ2v) is 14.0. The fourth-order valence-electron chi connectivity index (χ4n) is 5.60. The first-order valence-corrected chi connectivity index (χ1v) is 17.5. The second kappa shape index (κ2) is 15.9. The van der Waals surface area contributed by atoms with Gasteiger partial charge in [0.1, 0.15) is 6.04 Å². The molecule has 0 saturated heterocycles. The number of hydrogen-bond acceptors (Lipinski definition) is 4. The van der Waals surface area contributed by atoms with Crippen molar-refractivity contribution in [2.24, 2.45) is 0 Å². The monoisotopic (exact) mass is 679 g/mol. The minimum Gasteiger partial charge on any atom is -0.352 e. The van der Waals surface area contributed by atoms with Gasteiger partial charge in [-0.3, -0.25) is 13.9 Å². The van der Waals surface area contributed by atoms with E-state index in [9.17, 15) is 26.8 Å². The summed E-state index contributed by atoms with van der Waals surface area (Å²) in [5.74, 6) is -2.99. The normalized spacial score (nSPS) is 14.5. The fourth-order valence-corrected chi connectivity index (χ4v) is 7.07. The third-order valence-electron chi connectivity index (χ3n) is 7.96. The van der Waals surface area contributed by atoms with Crippen molar-refractivity contribution in [3.63, 3.8) is 0 Å². The molecular weight excluding hydrogens is 643 g/mol. The predicted molar refractivity (Wildman–Crippen MR) is 174 cm³/mol. The maximum Gasteiger partial charge on any atom is 0.243 e. The van der Waals surface area contributed by atoms with E-state index in [4.69, 9.17) is 23.2 Å². The first-order valence-electron chi connectivity index (χ1n) is 14.9. The lowest BCUT2D eigenvalue weighted by Crippen LogP contribution is -2.53. The molecule has 7 nitrogen and oxygen atoms in total. The summed E-state index contributed by atoms with van der Waals surface area (Å²) in [7, 11) is -3.89. The van der Waals surface area contributed by atoms with Crippen LogP contribution in [0.15, 0.2) is 66.7 Å². The Hall–Kier alpha value is -3.21. The number of rotatable bonds is 13. The minimum absolute atomic E-state index is 0.00444. The molecule has 0 heterocycles. The molecule has 0 spiro atoms. The van der Waals surface area contributed by atoms with Crippen molar-refractivity contribution in [2.45, 2.75) is 70.0 Å². The van der Waals surface area contributed by atoms with E-state index in [1.54, 1.807) is 18.2 Å². The first kappa shape index (κ1) is 34.7. The van der Waals surface area contributed by atoms with Gasteiger partial charge in [0.25, 0.3) is 0 Å². The van der Waals surface area contributed by atoms with Gasteiger partial charge in [-0.2, -0.15) is 0 Å². The van der Waals surface area contributed by atoms with E-state index < -0.39 is 33.6 Å². The smallest absolute Gasteiger partial charge is 0.243 e. The molecule has 3 aromatic rings. The summed E-state index contributed by atoms with van der Waals surface area (Å²) in [5.41, 5.74) is 1.28. The van der Waals surface area contributed by atoms with Gasteiger partial charge in [0.05, 0.1) is 11.9 Å². The van der Waals surface area contributed by atoms with Crippen molar-refractivity contribution < 1.29 is 26.8 Å². The highest BCUT2D eigenvalue weighted by molar-refractivity contribution is 7.92. The number of carbonyl (C=O) groups excluding carboxylic acids is 2. The summed E-state index contributed by atoms with van der Waals surface area (Å²) in [6, 6.07) is 16.3. The highest BCUT2D eigenvalue weighted by atomic mass is 35.5. The second-order valence-electron chi connectivity index (χ2n) is 11.3. The molecule has 3 aromatic carbocycles. The van der Waals surface area contributed by atoms with Gasteiger partial charge in [-0.1, -0.05) is 78.9 Å². The van der Waals surface area contributed by atoms with Gasteiger partial charge in [0, 0.05) is 53.6 Å². The van der Waals surface area contributed by atoms with Crippen molar-refractivity contribution in [1.82, 2.24) is 10.2 Å². The average Bonchev–Trinajstić information content (AvgIpc) is 3.00. The van der Waals surface area contributed by atoms with E-state index in [1.165, 1.54) is 11.0 Å². The molecule has 0 radical (unpaired) electrons. The topological polar surface area (TPSA) is 86.8 Å². The largest absolute Gasteiger partial charge is 0.352 e. The van der Waals surface area contributed by atoms with E-state index >= 15 is 0 Å². The van der Waals surface area contributed by atoms with Crippen LogP contribution in [0, 0.1) is 11.6 Å².